The second-order valence-electron chi connectivity index (χ2n) is 6.08. The number of amides is 1. The fourth-order valence-corrected chi connectivity index (χ4v) is 3.37. The molecule has 5 heteroatoms. The lowest BCUT2D eigenvalue weighted by molar-refractivity contribution is 0.0770. The van der Waals surface area contributed by atoms with Crippen LogP contribution >= 0.6 is 11.6 Å². The average molecular weight is 324 g/mol. The lowest BCUT2D eigenvalue weighted by Crippen LogP contribution is -2.31. The van der Waals surface area contributed by atoms with Crippen molar-refractivity contribution in [3.8, 4) is 11.8 Å². The third-order valence-electron chi connectivity index (χ3n) is 4.49. The van der Waals surface area contributed by atoms with E-state index in [-0.39, 0.29) is 11.3 Å². The molecule has 1 aromatic carbocycles. The molecule has 2 fully saturated rings. The number of hydrogen-bond acceptors (Lipinski definition) is 3. The number of benzene rings is 1. The molecule has 2 atom stereocenters. The highest BCUT2D eigenvalue weighted by molar-refractivity contribution is 6.30. The first-order valence-electron chi connectivity index (χ1n) is 7.51. The van der Waals surface area contributed by atoms with Gasteiger partial charge in [-0.15, -0.1) is 0 Å². The molecule has 1 aromatic heterocycles. The standard InChI is InChI=1S/C18H14ClN3O/c19-15-4-1-3-13(9-15)17(23)22-11-14-10-18(14,12-22)6-5-16-20-7-2-8-21-16/h1-4,7-9,14H,10-12H2. The SMILES string of the molecule is O=C(c1cccc(Cl)c1)N1CC2CC2(C#Cc2ncccn2)C1. The molecule has 1 aliphatic heterocycles. The normalized spacial score (nSPS) is 24.6. The van der Waals surface area contributed by atoms with Gasteiger partial charge in [0.25, 0.3) is 5.91 Å². The minimum atomic E-state index is -0.0760. The van der Waals surface area contributed by atoms with Gasteiger partial charge in [0.05, 0.1) is 5.41 Å². The van der Waals surface area contributed by atoms with Crippen LogP contribution in [0, 0.1) is 23.2 Å². The van der Waals surface area contributed by atoms with Crippen LogP contribution in [0.3, 0.4) is 0 Å². The molecule has 114 valence electrons. The zero-order chi connectivity index (χ0) is 15.9. The van der Waals surface area contributed by atoms with Gasteiger partial charge in [-0.25, -0.2) is 9.97 Å². The molecule has 0 bridgehead atoms. The summed E-state index contributed by atoms with van der Waals surface area (Å²) in [4.78, 5) is 22.7. The number of aromatic nitrogens is 2. The molecule has 1 aliphatic carbocycles. The molecule has 1 saturated carbocycles. The Bertz CT molecular complexity index is 827. The molecule has 4 nitrogen and oxygen atoms in total. The molecule has 1 amide bonds. The second-order valence-corrected chi connectivity index (χ2v) is 6.51. The van der Waals surface area contributed by atoms with Crippen LogP contribution in [-0.2, 0) is 0 Å². The Morgan fingerprint density at radius 3 is 2.91 bits per heavy atom. The molecule has 0 radical (unpaired) electrons. The summed E-state index contributed by atoms with van der Waals surface area (Å²) in [6.07, 6.45) is 4.41. The van der Waals surface area contributed by atoms with Crippen LogP contribution in [0.4, 0.5) is 0 Å². The smallest absolute Gasteiger partial charge is 0.253 e. The highest BCUT2D eigenvalue weighted by Gasteiger charge is 2.60. The number of rotatable bonds is 1. The topological polar surface area (TPSA) is 46.1 Å². The van der Waals surface area contributed by atoms with Gasteiger partial charge in [-0.1, -0.05) is 23.6 Å². The van der Waals surface area contributed by atoms with Gasteiger partial charge in [0.1, 0.15) is 0 Å². The molecular formula is C18H14ClN3O. The van der Waals surface area contributed by atoms with Gasteiger partial charge < -0.3 is 4.90 Å². The number of piperidine rings is 1. The molecule has 2 aliphatic rings. The Hall–Kier alpha value is -2.38. The monoisotopic (exact) mass is 323 g/mol. The average Bonchev–Trinajstić information content (AvgIpc) is 3.14. The molecule has 4 rings (SSSR count). The number of fused-ring (bicyclic) bond motifs is 1. The van der Waals surface area contributed by atoms with Crippen molar-refractivity contribution in [2.45, 2.75) is 6.42 Å². The van der Waals surface area contributed by atoms with Gasteiger partial charge in [0.2, 0.25) is 5.82 Å². The Kier molecular flexibility index (Phi) is 3.32. The molecule has 2 unspecified atom stereocenters. The first kappa shape index (κ1) is 14.2. The summed E-state index contributed by atoms with van der Waals surface area (Å²) in [5.41, 5.74) is 0.557. The third kappa shape index (κ3) is 2.69. The summed E-state index contributed by atoms with van der Waals surface area (Å²) >= 11 is 5.97. The molecule has 2 aromatic rings. The van der Waals surface area contributed by atoms with Gasteiger partial charge in [-0.3, -0.25) is 4.79 Å². The van der Waals surface area contributed by atoms with Crippen LogP contribution < -0.4 is 0 Å². The lowest BCUT2D eigenvalue weighted by atomic mass is 10.1. The number of nitrogens with zero attached hydrogens (tertiary/aromatic N) is 3. The minimum Gasteiger partial charge on any atom is -0.337 e. The van der Waals surface area contributed by atoms with Crippen LogP contribution in [0.1, 0.15) is 22.6 Å². The van der Waals surface area contributed by atoms with E-state index in [1.807, 2.05) is 4.90 Å². The van der Waals surface area contributed by atoms with Crippen LogP contribution in [0.5, 0.6) is 0 Å². The van der Waals surface area contributed by atoms with E-state index in [0.29, 0.717) is 28.9 Å². The Balaban J connectivity index is 1.50. The maximum absolute atomic E-state index is 12.6. The molecule has 0 spiro atoms. The maximum Gasteiger partial charge on any atom is 0.253 e. The highest BCUT2D eigenvalue weighted by Crippen LogP contribution is 2.57. The van der Waals surface area contributed by atoms with E-state index in [2.05, 4.69) is 21.8 Å². The van der Waals surface area contributed by atoms with Crippen molar-refractivity contribution in [2.75, 3.05) is 13.1 Å². The Morgan fingerprint density at radius 1 is 1.30 bits per heavy atom. The first-order valence-corrected chi connectivity index (χ1v) is 7.89. The number of likely N-dealkylation sites (tertiary alicyclic amines) is 1. The van der Waals surface area contributed by atoms with E-state index in [1.54, 1.807) is 42.7 Å². The molecule has 1 saturated heterocycles. The van der Waals surface area contributed by atoms with Crippen molar-refractivity contribution in [2.24, 2.45) is 11.3 Å². The maximum atomic E-state index is 12.6. The summed E-state index contributed by atoms with van der Waals surface area (Å²) in [5, 5.41) is 0.580. The number of carbonyl (C=O) groups is 1. The Morgan fingerprint density at radius 2 is 2.13 bits per heavy atom. The summed E-state index contributed by atoms with van der Waals surface area (Å²) < 4.78 is 0. The van der Waals surface area contributed by atoms with Crippen LogP contribution in [0.25, 0.3) is 0 Å². The van der Waals surface area contributed by atoms with Crippen molar-refractivity contribution in [1.29, 1.82) is 0 Å². The van der Waals surface area contributed by atoms with E-state index in [9.17, 15) is 4.79 Å². The molecule has 23 heavy (non-hydrogen) atoms. The Labute approximate surface area is 139 Å². The molecule has 2 heterocycles. The van der Waals surface area contributed by atoms with Crippen molar-refractivity contribution in [3.05, 3.63) is 59.1 Å². The van der Waals surface area contributed by atoms with E-state index in [1.165, 1.54) is 0 Å². The second kappa shape index (κ2) is 5.36. The van der Waals surface area contributed by atoms with E-state index < -0.39 is 0 Å². The van der Waals surface area contributed by atoms with Crippen LogP contribution in [0.15, 0.2) is 42.7 Å². The zero-order valence-corrected chi connectivity index (χ0v) is 13.1. The molecule has 0 N–H and O–H groups in total. The quantitative estimate of drug-likeness (QED) is 0.758. The van der Waals surface area contributed by atoms with Gasteiger partial charge in [0.15, 0.2) is 0 Å². The van der Waals surface area contributed by atoms with Crippen molar-refractivity contribution in [1.82, 2.24) is 14.9 Å². The molecular weight excluding hydrogens is 310 g/mol. The number of halogens is 1. The van der Waals surface area contributed by atoms with Crippen molar-refractivity contribution in [3.63, 3.8) is 0 Å². The predicted molar refractivity (Wildman–Crippen MR) is 86.8 cm³/mol. The van der Waals surface area contributed by atoms with E-state index in [4.69, 9.17) is 11.6 Å². The fraction of sp³-hybridized carbons (Fsp3) is 0.278. The first-order chi connectivity index (χ1) is 11.2. The summed E-state index contributed by atoms with van der Waals surface area (Å²) in [6.45, 7) is 1.43. The van der Waals surface area contributed by atoms with Crippen LogP contribution in [0.2, 0.25) is 5.02 Å². The highest BCUT2D eigenvalue weighted by atomic mass is 35.5. The minimum absolute atomic E-state index is 0.0248. The lowest BCUT2D eigenvalue weighted by Gasteiger charge is -2.19. The van der Waals surface area contributed by atoms with Gasteiger partial charge in [-0.2, -0.15) is 0 Å². The third-order valence-corrected chi connectivity index (χ3v) is 4.73. The van der Waals surface area contributed by atoms with Crippen LogP contribution in [-0.4, -0.2) is 33.9 Å². The van der Waals surface area contributed by atoms with E-state index in [0.717, 1.165) is 13.0 Å². The largest absolute Gasteiger partial charge is 0.337 e. The summed E-state index contributed by atoms with van der Waals surface area (Å²) in [7, 11) is 0. The summed E-state index contributed by atoms with van der Waals surface area (Å²) in [5.74, 6) is 7.37. The van der Waals surface area contributed by atoms with Crippen molar-refractivity contribution >= 4 is 17.5 Å². The van der Waals surface area contributed by atoms with E-state index >= 15 is 0 Å². The fourth-order valence-electron chi connectivity index (χ4n) is 3.18. The number of hydrogen-bond donors (Lipinski definition) is 0. The van der Waals surface area contributed by atoms with Gasteiger partial charge in [0, 0.05) is 36.1 Å². The number of carbonyl (C=O) groups excluding carboxylic acids is 1. The van der Waals surface area contributed by atoms with Gasteiger partial charge in [-0.05, 0) is 42.5 Å². The van der Waals surface area contributed by atoms with Gasteiger partial charge >= 0.3 is 0 Å². The predicted octanol–water partition coefficient (Wildman–Crippen LogP) is 2.64. The summed E-state index contributed by atoms with van der Waals surface area (Å²) in [6, 6.07) is 8.85. The van der Waals surface area contributed by atoms with Crippen molar-refractivity contribution < 1.29 is 4.79 Å². The zero-order valence-electron chi connectivity index (χ0n) is 12.4.